The molecule has 0 bridgehead atoms. The summed E-state index contributed by atoms with van der Waals surface area (Å²) in [5.41, 5.74) is 1.18. The van der Waals surface area contributed by atoms with Gasteiger partial charge in [0.2, 0.25) is 5.71 Å². The van der Waals surface area contributed by atoms with Crippen LogP contribution in [0.4, 0.5) is 0 Å². The van der Waals surface area contributed by atoms with Gasteiger partial charge in [-0.3, -0.25) is 9.59 Å². The van der Waals surface area contributed by atoms with E-state index in [1.807, 2.05) is 29.2 Å². The predicted octanol–water partition coefficient (Wildman–Crippen LogP) is 2.81. The molecule has 26 heavy (non-hydrogen) atoms. The number of ether oxygens (including phenoxy) is 1. The van der Waals surface area contributed by atoms with Crippen LogP contribution in [0.1, 0.15) is 40.6 Å². The number of H-pyrrole nitrogens is 1. The molecule has 1 N–H and O–H groups in total. The molecule has 0 unspecified atom stereocenters. The molecular formula is C19H19N3O4. The minimum atomic E-state index is -0.365. The number of likely N-dealkylation sites (tertiary alicyclic amines) is 1. The molecule has 1 aliphatic heterocycles. The molecule has 7 nitrogen and oxygen atoms in total. The smallest absolute Gasteiger partial charge is 0.262 e. The van der Waals surface area contributed by atoms with E-state index in [9.17, 15) is 9.59 Å². The number of nitrogens with one attached hydrogen (secondary N) is 1. The first-order valence-electron chi connectivity index (χ1n) is 8.52. The van der Waals surface area contributed by atoms with Gasteiger partial charge in [0.15, 0.2) is 0 Å². The van der Waals surface area contributed by atoms with E-state index >= 15 is 0 Å². The van der Waals surface area contributed by atoms with Crippen molar-refractivity contribution in [1.29, 1.82) is 0 Å². The molecule has 1 fully saturated rings. The van der Waals surface area contributed by atoms with Crippen LogP contribution in [0.2, 0.25) is 0 Å². The van der Waals surface area contributed by atoms with E-state index in [1.165, 1.54) is 6.33 Å². The van der Waals surface area contributed by atoms with Crippen LogP contribution in [-0.2, 0) is 0 Å². The van der Waals surface area contributed by atoms with E-state index in [1.54, 1.807) is 14.0 Å². The van der Waals surface area contributed by atoms with Gasteiger partial charge >= 0.3 is 0 Å². The fourth-order valence-electron chi connectivity index (χ4n) is 3.64. The Balaban J connectivity index is 1.73. The summed E-state index contributed by atoms with van der Waals surface area (Å²) in [5.74, 6) is 0.992. The minimum Gasteiger partial charge on any atom is -0.497 e. The summed E-state index contributed by atoms with van der Waals surface area (Å²) in [6.45, 7) is 2.33. The van der Waals surface area contributed by atoms with Gasteiger partial charge in [0.1, 0.15) is 16.9 Å². The molecule has 0 spiro atoms. The van der Waals surface area contributed by atoms with Crippen LogP contribution in [0, 0.1) is 6.92 Å². The van der Waals surface area contributed by atoms with Crippen molar-refractivity contribution in [3.05, 3.63) is 57.8 Å². The summed E-state index contributed by atoms with van der Waals surface area (Å²) >= 11 is 0. The van der Waals surface area contributed by atoms with Crippen molar-refractivity contribution in [2.45, 2.75) is 25.8 Å². The number of amides is 1. The second-order valence-electron chi connectivity index (χ2n) is 6.37. The summed E-state index contributed by atoms with van der Waals surface area (Å²) in [6, 6.07) is 7.70. The highest BCUT2D eigenvalue weighted by Crippen LogP contribution is 2.35. The molecule has 4 rings (SSSR count). The fourth-order valence-corrected chi connectivity index (χ4v) is 3.64. The second kappa shape index (κ2) is 6.33. The van der Waals surface area contributed by atoms with Crippen LogP contribution in [0.3, 0.4) is 0 Å². The van der Waals surface area contributed by atoms with Crippen LogP contribution in [0.5, 0.6) is 5.75 Å². The van der Waals surface area contributed by atoms with Crippen molar-refractivity contribution < 1.29 is 13.9 Å². The zero-order valence-electron chi connectivity index (χ0n) is 14.6. The molecule has 0 saturated carbocycles. The Kier molecular flexibility index (Phi) is 3.99. The molecule has 0 radical (unpaired) electrons. The van der Waals surface area contributed by atoms with Crippen molar-refractivity contribution in [3.8, 4) is 5.75 Å². The van der Waals surface area contributed by atoms with E-state index in [-0.39, 0.29) is 28.6 Å². The molecular weight excluding hydrogens is 334 g/mol. The number of rotatable bonds is 3. The molecule has 1 amide bonds. The van der Waals surface area contributed by atoms with E-state index < -0.39 is 0 Å². The first-order valence-corrected chi connectivity index (χ1v) is 8.52. The molecule has 3 heterocycles. The standard InChI is InChI=1S/C19H19N3O4/c1-11-15(16-17(23)20-10-21-18(16)26-11)19(24)22-9-3-4-14(22)12-5-7-13(25-2)8-6-12/h5-8,10,14H,3-4,9H2,1-2H3,(H,20,21,23)/t14-/m1/s1. The van der Waals surface area contributed by atoms with Gasteiger partial charge in [-0.15, -0.1) is 0 Å². The van der Waals surface area contributed by atoms with Crippen LogP contribution in [0.25, 0.3) is 11.1 Å². The average molecular weight is 353 g/mol. The molecule has 134 valence electrons. The lowest BCUT2D eigenvalue weighted by atomic mass is 10.0. The maximum atomic E-state index is 13.3. The average Bonchev–Trinajstić information content (AvgIpc) is 3.26. The van der Waals surface area contributed by atoms with Gasteiger partial charge in [-0.05, 0) is 37.5 Å². The number of aromatic amines is 1. The zero-order valence-corrected chi connectivity index (χ0v) is 14.6. The molecule has 3 aromatic rings. The third kappa shape index (κ3) is 2.56. The molecule has 2 aromatic heterocycles. The quantitative estimate of drug-likeness (QED) is 0.782. The lowest BCUT2D eigenvalue weighted by Gasteiger charge is -2.25. The van der Waals surface area contributed by atoms with Crippen LogP contribution in [-0.4, -0.2) is 34.4 Å². The third-order valence-electron chi connectivity index (χ3n) is 4.90. The Labute approximate surface area is 149 Å². The number of carbonyl (C=O) groups is 1. The van der Waals surface area contributed by atoms with Gasteiger partial charge in [-0.1, -0.05) is 12.1 Å². The maximum Gasteiger partial charge on any atom is 0.262 e. The highest BCUT2D eigenvalue weighted by molar-refractivity contribution is 6.06. The number of carbonyl (C=O) groups excluding carboxylic acids is 1. The van der Waals surface area contributed by atoms with Crippen molar-refractivity contribution in [2.75, 3.05) is 13.7 Å². The van der Waals surface area contributed by atoms with Crippen LogP contribution >= 0.6 is 0 Å². The van der Waals surface area contributed by atoms with Crippen molar-refractivity contribution in [2.24, 2.45) is 0 Å². The summed E-state index contributed by atoms with van der Waals surface area (Å²) in [5, 5.41) is 0.218. The summed E-state index contributed by atoms with van der Waals surface area (Å²) in [7, 11) is 1.62. The number of fused-ring (bicyclic) bond motifs is 1. The number of furan rings is 1. The highest BCUT2D eigenvalue weighted by Gasteiger charge is 2.34. The fraction of sp³-hybridized carbons (Fsp3) is 0.316. The second-order valence-corrected chi connectivity index (χ2v) is 6.37. The van der Waals surface area contributed by atoms with E-state index in [0.717, 1.165) is 24.2 Å². The summed E-state index contributed by atoms with van der Waals surface area (Å²) < 4.78 is 10.7. The Hall–Kier alpha value is -3.09. The monoisotopic (exact) mass is 353 g/mol. The summed E-state index contributed by atoms with van der Waals surface area (Å²) in [4.78, 5) is 33.8. The van der Waals surface area contributed by atoms with E-state index in [0.29, 0.717) is 17.9 Å². The minimum absolute atomic E-state index is 0.0338. The Morgan fingerprint density at radius 2 is 2.12 bits per heavy atom. The molecule has 1 aliphatic rings. The first-order chi connectivity index (χ1) is 12.6. The SMILES string of the molecule is COc1ccc([C@H]2CCCN2C(=O)c2c(C)oc3nc[nH]c(=O)c23)cc1. The van der Waals surface area contributed by atoms with Gasteiger partial charge < -0.3 is 19.0 Å². The number of hydrogen-bond donors (Lipinski definition) is 1. The first kappa shape index (κ1) is 16.4. The number of hydrogen-bond acceptors (Lipinski definition) is 5. The maximum absolute atomic E-state index is 13.3. The van der Waals surface area contributed by atoms with Crippen molar-refractivity contribution >= 4 is 17.0 Å². The molecule has 1 saturated heterocycles. The zero-order chi connectivity index (χ0) is 18.3. The molecule has 1 aromatic carbocycles. The number of aryl methyl sites for hydroxylation is 1. The number of aromatic nitrogens is 2. The lowest BCUT2D eigenvalue weighted by Crippen LogP contribution is -2.31. The normalized spacial score (nSPS) is 17.0. The topological polar surface area (TPSA) is 88.4 Å². The van der Waals surface area contributed by atoms with E-state index in [2.05, 4.69) is 9.97 Å². The van der Waals surface area contributed by atoms with E-state index in [4.69, 9.17) is 9.15 Å². The Morgan fingerprint density at radius 1 is 1.35 bits per heavy atom. The van der Waals surface area contributed by atoms with Gasteiger partial charge in [-0.25, -0.2) is 4.98 Å². The van der Waals surface area contributed by atoms with Gasteiger partial charge in [0.25, 0.3) is 11.5 Å². The number of benzene rings is 1. The van der Waals surface area contributed by atoms with Crippen molar-refractivity contribution in [3.63, 3.8) is 0 Å². The van der Waals surface area contributed by atoms with Gasteiger partial charge in [0, 0.05) is 6.54 Å². The van der Waals surface area contributed by atoms with Crippen LogP contribution < -0.4 is 10.3 Å². The molecule has 7 heteroatoms. The van der Waals surface area contributed by atoms with Crippen LogP contribution in [0.15, 0.2) is 39.8 Å². The predicted molar refractivity (Wildman–Crippen MR) is 95.4 cm³/mol. The largest absolute Gasteiger partial charge is 0.497 e. The number of nitrogens with zero attached hydrogens (tertiary/aromatic N) is 2. The van der Waals surface area contributed by atoms with Gasteiger partial charge in [0.05, 0.1) is 25.0 Å². The van der Waals surface area contributed by atoms with Crippen molar-refractivity contribution in [1.82, 2.24) is 14.9 Å². The lowest BCUT2D eigenvalue weighted by molar-refractivity contribution is 0.0735. The molecule has 1 atom stereocenters. The van der Waals surface area contributed by atoms with Gasteiger partial charge in [-0.2, -0.15) is 0 Å². The third-order valence-corrected chi connectivity index (χ3v) is 4.90. The number of methoxy groups -OCH3 is 1. The Bertz CT molecular complexity index is 1020. The summed E-state index contributed by atoms with van der Waals surface area (Å²) in [6.07, 6.45) is 3.06. The highest BCUT2D eigenvalue weighted by atomic mass is 16.5. The Morgan fingerprint density at radius 3 is 2.85 bits per heavy atom. The molecule has 0 aliphatic carbocycles.